The van der Waals surface area contributed by atoms with Crippen LogP contribution in [0.5, 0.6) is 5.75 Å². The lowest BCUT2D eigenvalue weighted by molar-refractivity contribution is 0.410. The van der Waals surface area contributed by atoms with Crippen molar-refractivity contribution in [2.24, 2.45) is 0 Å². The summed E-state index contributed by atoms with van der Waals surface area (Å²) in [5.41, 5.74) is 3.22. The second-order valence-electron chi connectivity index (χ2n) is 5.54. The number of tetrazole rings is 1. The largest absolute Gasteiger partial charge is 0.494 e. The Labute approximate surface area is 145 Å². The molecular weight excluding hydrogens is 322 g/mol. The normalized spacial score (nSPS) is 12.1. The van der Waals surface area contributed by atoms with Crippen LogP contribution in [0.4, 0.5) is 0 Å². The van der Waals surface area contributed by atoms with E-state index in [2.05, 4.69) is 27.4 Å². The fraction of sp³-hybridized carbons (Fsp3) is 0.294. The van der Waals surface area contributed by atoms with Crippen LogP contribution in [0.2, 0.25) is 0 Å². The first kappa shape index (κ1) is 16.4. The van der Waals surface area contributed by atoms with Crippen molar-refractivity contribution in [3.8, 4) is 11.4 Å². The van der Waals surface area contributed by atoms with Gasteiger partial charge in [-0.3, -0.25) is 4.98 Å². The van der Waals surface area contributed by atoms with Gasteiger partial charge in [0.2, 0.25) is 5.16 Å². The number of methoxy groups -OCH3 is 1. The Morgan fingerprint density at radius 1 is 1.21 bits per heavy atom. The molecule has 24 heavy (non-hydrogen) atoms. The number of nitrogens with zero attached hydrogens (tertiary/aromatic N) is 5. The van der Waals surface area contributed by atoms with Crippen molar-refractivity contribution in [1.29, 1.82) is 0 Å². The second kappa shape index (κ2) is 7.44. The summed E-state index contributed by atoms with van der Waals surface area (Å²) in [5.74, 6) is 0.747. The van der Waals surface area contributed by atoms with E-state index >= 15 is 0 Å². The number of aromatic nitrogens is 5. The fourth-order valence-corrected chi connectivity index (χ4v) is 3.40. The number of rotatable bonds is 6. The van der Waals surface area contributed by atoms with Gasteiger partial charge in [-0.1, -0.05) is 24.8 Å². The van der Waals surface area contributed by atoms with Gasteiger partial charge in [-0.25, -0.2) is 0 Å². The van der Waals surface area contributed by atoms with E-state index in [9.17, 15) is 0 Å². The van der Waals surface area contributed by atoms with Crippen molar-refractivity contribution >= 4 is 11.8 Å². The summed E-state index contributed by atoms with van der Waals surface area (Å²) in [7, 11) is 1.65. The highest BCUT2D eigenvalue weighted by Crippen LogP contribution is 2.29. The molecule has 0 N–H and O–H groups in total. The number of hydrogen-bond acceptors (Lipinski definition) is 6. The van der Waals surface area contributed by atoms with E-state index in [1.807, 2.05) is 49.6 Å². The molecule has 1 unspecified atom stereocenters. The Kier molecular flexibility index (Phi) is 5.10. The predicted octanol–water partition coefficient (Wildman–Crippen LogP) is 3.10. The summed E-state index contributed by atoms with van der Waals surface area (Å²) in [4.78, 5) is 4.05. The molecule has 7 heteroatoms. The van der Waals surface area contributed by atoms with Gasteiger partial charge in [-0.15, -0.1) is 5.10 Å². The minimum absolute atomic E-state index is 0.327. The molecule has 3 rings (SSSR count). The molecule has 0 aliphatic heterocycles. The van der Waals surface area contributed by atoms with E-state index in [4.69, 9.17) is 4.74 Å². The van der Waals surface area contributed by atoms with Crippen LogP contribution >= 0.6 is 11.8 Å². The van der Waals surface area contributed by atoms with Crippen molar-refractivity contribution in [3.63, 3.8) is 0 Å². The molecule has 3 aromatic rings. The van der Waals surface area contributed by atoms with Crippen LogP contribution in [0.3, 0.4) is 0 Å². The zero-order valence-corrected chi connectivity index (χ0v) is 14.7. The summed E-state index contributed by atoms with van der Waals surface area (Å²) < 4.78 is 7.18. The second-order valence-corrected chi connectivity index (χ2v) is 6.94. The van der Waals surface area contributed by atoms with Gasteiger partial charge in [0, 0.05) is 17.6 Å². The molecule has 0 aliphatic rings. The number of thioether (sulfide) groups is 1. The number of pyridine rings is 1. The monoisotopic (exact) mass is 341 g/mol. The van der Waals surface area contributed by atoms with E-state index in [-0.39, 0.29) is 0 Å². The summed E-state index contributed by atoms with van der Waals surface area (Å²) in [5, 5.41) is 13.2. The van der Waals surface area contributed by atoms with E-state index < -0.39 is 0 Å². The van der Waals surface area contributed by atoms with E-state index in [1.165, 1.54) is 5.56 Å². The van der Waals surface area contributed by atoms with Gasteiger partial charge in [0.15, 0.2) is 0 Å². The van der Waals surface area contributed by atoms with Crippen molar-refractivity contribution < 1.29 is 4.74 Å². The zero-order valence-electron chi connectivity index (χ0n) is 13.9. The molecule has 0 aliphatic carbocycles. The highest BCUT2D eigenvalue weighted by atomic mass is 32.2. The molecule has 0 fully saturated rings. The van der Waals surface area contributed by atoms with Gasteiger partial charge >= 0.3 is 0 Å². The summed E-state index contributed by atoms with van der Waals surface area (Å²) >= 11 is 1.64. The van der Waals surface area contributed by atoms with Gasteiger partial charge in [-0.2, -0.15) is 4.68 Å². The van der Waals surface area contributed by atoms with E-state index in [1.54, 1.807) is 23.6 Å². The van der Waals surface area contributed by atoms with Crippen molar-refractivity contribution in [2.45, 2.75) is 30.7 Å². The summed E-state index contributed by atoms with van der Waals surface area (Å²) in [6, 6.07) is 10.0. The first-order valence-corrected chi connectivity index (χ1v) is 8.54. The molecule has 1 aromatic carbocycles. The lowest BCUT2D eigenvalue weighted by atomic mass is 10.1. The molecule has 124 valence electrons. The van der Waals surface area contributed by atoms with Crippen LogP contribution in [0.15, 0.2) is 47.9 Å². The maximum absolute atomic E-state index is 5.45. The molecular formula is C17H19N5OS. The molecule has 1 atom stereocenters. The Morgan fingerprint density at radius 3 is 2.75 bits per heavy atom. The third-order valence-electron chi connectivity index (χ3n) is 3.58. The fourth-order valence-electron chi connectivity index (χ4n) is 2.44. The smallest absolute Gasteiger partial charge is 0.214 e. The molecule has 0 amide bonds. The molecule has 6 nitrogen and oxygen atoms in total. The average Bonchev–Trinajstić information content (AvgIpc) is 3.03. The van der Waals surface area contributed by atoms with Crippen LogP contribution in [0.1, 0.15) is 18.1 Å². The van der Waals surface area contributed by atoms with Crippen LogP contribution < -0.4 is 4.74 Å². The molecule has 0 saturated heterocycles. The minimum Gasteiger partial charge on any atom is -0.494 e. The molecule has 2 heterocycles. The molecule has 0 bridgehead atoms. The number of benzene rings is 1. The van der Waals surface area contributed by atoms with Crippen LogP contribution in [-0.4, -0.2) is 37.6 Å². The maximum atomic E-state index is 5.45. The first-order chi connectivity index (χ1) is 11.7. The summed E-state index contributed by atoms with van der Waals surface area (Å²) in [6.45, 7) is 4.20. The lowest BCUT2D eigenvalue weighted by Gasteiger charge is -2.13. The Balaban J connectivity index is 1.82. The van der Waals surface area contributed by atoms with Crippen LogP contribution in [0, 0.1) is 6.92 Å². The van der Waals surface area contributed by atoms with Crippen LogP contribution in [-0.2, 0) is 6.42 Å². The molecule has 0 saturated carbocycles. The molecule has 2 aromatic heterocycles. The van der Waals surface area contributed by atoms with Crippen molar-refractivity contribution in [1.82, 2.24) is 25.2 Å². The number of hydrogen-bond donors (Lipinski definition) is 0. The van der Waals surface area contributed by atoms with Crippen LogP contribution in [0.25, 0.3) is 5.69 Å². The van der Waals surface area contributed by atoms with Crippen molar-refractivity contribution in [2.75, 3.05) is 7.11 Å². The highest BCUT2D eigenvalue weighted by Gasteiger charge is 2.16. The van der Waals surface area contributed by atoms with Gasteiger partial charge in [0.25, 0.3) is 0 Å². The van der Waals surface area contributed by atoms with E-state index in [0.29, 0.717) is 5.25 Å². The third kappa shape index (κ3) is 3.73. The van der Waals surface area contributed by atoms with Crippen molar-refractivity contribution in [3.05, 3.63) is 53.9 Å². The van der Waals surface area contributed by atoms with E-state index in [0.717, 1.165) is 28.6 Å². The topological polar surface area (TPSA) is 65.7 Å². The van der Waals surface area contributed by atoms with Gasteiger partial charge in [0.1, 0.15) is 11.4 Å². The Morgan fingerprint density at radius 2 is 2.00 bits per heavy atom. The number of ether oxygens (including phenoxy) is 1. The average molecular weight is 341 g/mol. The first-order valence-electron chi connectivity index (χ1n) is 7.66. The molecule has 0 radical (unpaired) electrons. The maximum Gasteiger partial charge on any atom is 0.214 e. The van der Waals surface area contributed by atoms with Gasteiger partial charge < -0.3 is 4.74 Å². The van der Waals surface area contributed by atoms with Gasteiger partial charge in [0.05, 0.1) is 7.11 Å². The predicted molar refractivity (Wildman–Crippen MR) is 93.7 cm³/mol. The zero-order chi connectivity index (χ0) is 16.9. The molecule has 0 spiro atoms. The highest BCUT2D eigenvalue weighted by molar-refractivity contribution is 7.99. The Bertz CT molecular complexity index is 806. The minimum atomic E-state index is 0.327. The standard InChI is InChI=1S/C17H19N5OS/c1-12-4-5-16(23-3)15(10-12)22-17(19-20-21-22)24-13(2)11-14-6-8-18-9-7-14/h4-10,13H,11H2,1-3H3. The third-order valence-corrected chi connectivity index (χ3v) is 4.62. The Hall–Kier alpha value is -2.41. The summed E-state index contributed by atoms with van der Waals surface area (Å²) in [6.07, 6.45) is 4.55. The SMILES string of the molecule is COc1ccc(C)cc1-n1nnnc1SC(C)Cc1ccncc1. The quantitative estimate of drug-likeness (QED) is 0.642. The lowest BCUT2D eigenvalue weighted by Crippen LogP contribution is -2.07. The van der Waals surface area contributed by atoms with Gasteiger partial charge in [-0.05, 0) is 59.2 Å². The number of aryl methyl sites for hydroxylation is 1.